The van der Waals surface area contributed by atoms with Crippen LogP contribution in [0.1, 0.15) is 12.5 Å². The van der Waals surface area contributed by atoms with E-state index in [-0.39, 0.29) is 5.82 Å². The van der Waals surface area contributed by atoms with Crippen LogP contribution in [0.4, 0.5) is 4.39 Å². The van der Waals surface area contributed by atoms with Crippen LogP contribution in [0.15, 0.2) is 16.6 Å². The lowest BCUT2D eigenvalue weighted by Gasteiger charge is -1.97. The summed E-state index contributed by atoms with van der Waals surface area (Å²) in [7, 11) is 0. The summed E-state index contributed by atoms with van der Waals surface area (Å²) in [4.78, 5) is 3.24. The molecule has 0 unspecified atom stereocenters. The van der Waals surface area contributed by atoms with Crippen molar-refractivity contribution < 1.29 is 4.39 Å². The molecule has 2 rings (SSSR count). The number of aromatic amines is 1. The first kappa shape index (κ1) is 10.4. The van der Waals surface area contributed by atoms with Crippen LogP contribution in [0.25, 0.3) is 10.9 Å². The van der Waals surface area contributed by atoms with Crippen molar-refractivity contribution in [2.24, 2.45) is 0 Å². The molecule has 0 saturated heterocycles. The van der Waals surface area contributed by atoms with Crippen molar-refractivity contribution in [3.63, 3.8) is 0 Å². The average Bonchev–Trinajstić information content (AvgIpc) is 2.42. The fourth-order valence-electron chi connectivity index (χ4n) is 1.56. The van der Waals surface area contributed by atoms with Crippen molar-refractivity contribution in [3.05, 3.63) is 31.7 Å². The molecule has 1 aromatic heterocycles. The maximum atomic E-state index is 13.3. The molecule has 1 heterocycles. The van der Waals surface area contributed by atoms with E-state index in [1.54, 1.807) is 12.1 Å². The summed E-state index contributed by atoms with van der Waals surface area (Å²) < 4.78 is 14.9. The lowest BCUT2D eigenvalue weighted by molar-refractivity contribution is 0.623. The SMILES string of the molecule is CCc1c(I)[nH]c2cc(Br)c(F)cc12. The third kappa shape index (κ3) is 1.58. The molecule has 0 fully saturated rings. The Labute approximate surface area is 103 Å². The van der Waals surface area contributed by atoms with Gasteiger partial charge < -0.3 is 4.98 Å². The number of hydrogen-bond donors (Lipinski definition) is 1. The second-order valence-corrected chi connectivity index (χ2v) is 5.02. The smallest absolute Gasteiger partial charge is 0.138 e. The number of benzene rings is 1. The normalized spacial score (nSPS) is 11.1. The third-order valence-electron chi connectivity index (χ3n) is 2.25. The van der Waals surface area contributed by atoms with Crippen molar-refractivity contribution in [3.8, 4) is 0 Å². The Morgan fingerprint density at radius 1 is 1.50 bits per heavy atom. The predicted molar refractivity (Wildman–Crippen MR) is 68.1 cm³/mol. The van der Waals surface area contributed by atoms with Gasteiger partial charge in [0.15, 0.2) is 0 Å². The molecule has 2 aromatic rings. The standard InChI is InChI=1S/C10H8BrFIN/c1-2-5-6-3-8(12)7(11)4-9(6)14-10(5)13/h3-4,14H,2H2,1H3. The van der Waals surface area contributed by atoms with E-state index >= 15 is 0 Å². The lowest BCUT2D eigenvalue weighted by atomic mass is 10.1. The number of nitrogens with one attached hydrogen (secondary N) is 1. The highest BCUT2D eigenvalue weighted by atomic mass is 127. The van der Waals surface area contributed by atoms with Crippen molar-refractivity contribution >= 4 is 49.4 Å². The quantitative estimate of drug-likeness (QED) is 0.726. The fraction of sp³-hybridized carbons (Fsp3) is 0.200. The Kier molecular flexibility index (Phi) is 2.83. The minimum atomic E-state index is -0.206. The Balaban J connectivity index is 2.82. The molecule has 74 valence electrons. The highest BCUT2D eigenvalue weighted by molar-refractivity contribution is 14.1. The van der Waals surface area contributed by atoms with Crippen LogP contribution in [-0.2, 0) is 6.42 Å². The van der Waals surface area contributed by atoms with E-state index in [9.17, 15) is 4.39 Å². The van der Waals surface area contributed by atoms with Crippen molar-refractivity contribution in [1.29, 1.82) is 0 Å². The molecular formula is C10H8BrFIN. The molecular weight excluding hydrogens is 360 g/mol. The first-order valence-electron chi connectivity index (χ1n) is 4.28. The molecule has 0 radical (unpaired) electrons. The molecule has 1 aromatic carbocycles. The molecule has 0 spiro atoms. The Morgan fingerprint density at radius 2 is 2.21 bits per heavy atom. The number of halogens is 3. The predicted octanol–water partition coefficient (Wildman–Crippen LogP) is 4.24. The zero-order valence-corrected chi connectivity index (χ0v) is 11.2. The number of fused-ring (bicyclic) bond motifs is 1. The van der Waals surface area contributed by atoms with Crippen LogP contribution in [0.3, 0.4) is 0 Å². The second kappa shape index (κ2) is 3.81. The summed E-state index contributed by atoms with van der Waals surface area (Å²) in [6, 6.07) is 3.36. The maximum absolute atomic E-state index is 13.3. The van der Waals surface area contributed by atoms with E-state index in [1.165, 1.54) is 5.56 Å². The number of rotatable bonds is 1. The van der Waals surface area contributed by atoms with E-state index in [4.69, 9.17) is 0 Å². The Bertz CT molecular complexity index is 492. The summed E-state index contributed by atoms with van der Waals surface area (Å²) in [6.45, 7) is 2.07. The van der Waals surface area contributed by atoms with Gasteiger partial charge in [-0.15, -0.1) is 0 Å². The first-order valence-corrected chi connectivity index (χ1v) is 6.15. The van der Waals surface area contributed by atoms with Gasteiger partial charge in [0.25, 0.3) is 0 Å². The molecule has 14 heavy (non-hydrogen) atoms. The molecule has 0 aliphatic heterocycles. The van der Waals surface area contributed by atoms with E-state index in [2.05, 4.69) is 50.4 Å². The van der Waals surface area contributed by atoms with Gasteiger partial charge in [0.05, 0.1) is 8.17 Å². The molecule has 0 amide bonds. The highest BCUT2D eigenvalue weighted by Crippen LogP contribution is 2.28. The van der Waals surface area contributed by atoms with E-state index in [0.29, 0.717) is 4.47 Å². The minimum Gasteiger partial charge on any atom is -0.350 e. The zero-order valence-electron chi connectivity index (χ0n) is 7.50. The van der Waals surface area contributed by atoms with Gasteiger partial charge in [-0.3, -0.25) is 0 Å². The largest absolute Gasteiger partial charge is 0.350 e. The van der Waals surface area contributed by atoms with Crippen LogP contribution in [0.2, 0.25) is 0 Å². The van der Waals surface area contributed by atoms with Crippen LogP contribution < -0.4 is 0 Å². The van der Waals surface area contributed by atoms with Gasteiger partial charge >= 0.3 is 0 Å². The Hall–Kier alpha value is -0.100. The maximum Gasteiger partial charge on any atom is 0.138 e. The minimum absolute atomic E-state index is 0.206. The van der Waals surface area contributed by atoms with Crippen LogP contribution >= 0.6 is 38.5 Å². The summed E-state index contributed by atoms with van der Waals surface area (Å²) in [5, 5.41) is 0.984. The molecule has 0 aliphatic carbocycles. The van der Waals surface area contributed by atoms with E-state index in [1.807, 2.05) is 0 Å². The van der Waals surface area contributed by atoms with Crippen molar-refractivity contribution in [1.82, 2.24) is 4.98 Å². The summed E-state index contributed by atoms with van der Waals surface area (Å²) in [5.74, 6) is -0.206. The molecule has 0 saturated carbocycles. The van der Waals surface area contributed by atoms with E-state index in [0.717, 1.165) is 21.0 Å². The van der Waals surface area contributed by atoms with Gasteiger partial charge in [0.1, 0.15) is 5.82 Å². The van der Waals surface area contributed by atoms with Gasteiger partial charge in [0, 0.05) is 10.9 Å². The lowest BCUT2D eigenvalue weighted by Crippen LogP contribution is -1.81. The summed E-state index contributed by atoms with van der Waals surface area (Å²) in [5.41, 5.74) is 2.17. The molecule has 1 N–H and O–H groups in total. The molecule has 1 nitrogen and oxygen atoms in total. The van der Waals surface area contributed by atoms with E-state index < -0.39 is 0 Å². The van der Waals surface area contributed by atoms with Crippen LogP contribution in [0, 0.1) is 9.52 Å². The monoisotopic (exact) mass is 367 g/mol. The van der Waals surface area contributed by atoms with Gasteiger partial charge in [-0.25, -0.2) is 4.39 Å². The molecule has 0 atom stereocenters. The summed E-state index contributed by atoms with van der Waals surface area (Å²) in [6.07, 6.45) is 0.916. The van der Waals surface area contributed by atoms with Crippen LogP contribution in [-0.4, -0.2) is 4.98 Å². The second-order valence-electron chi connectivity index (χ2n) is 3.08. The number of H-pyrrole nitrogens is 1. The number of aryl methyl sites for hydroxylation is 1. The number of aromatic nitrogens is 1. The highest BCUT2D eigenvalue weighted by Gasteiger charge is 2.10. The molecule has 4 heteroatoms. The van der Waals surface area contributed by atoms with Gasteiger partial charge in [-0.1, -0.05) is 6.92 Å². The molecule has 0 aliphatic rings. The van der Waals surface area contributed by atoms with Gasteiger partial charge in [-0.05, 0) is 62.6 Å². The fourth-order valence-corrected chi connectivity index (χ4v) is 2.86. The average molecular weight is 368 g/mol. The topological polar surface area (TPSA) is 15.8 Å². The van der Waals surface area contributed by atoms with Crippen molar-refractivity contribution in [2.75, 3.05) is 0 Å². The Morgan fingerprint density at radius 3 is 2.86 bits per heavy atom. The van der Waals surface area contributed by atoms with Crippen molar-refractivity contribution in [2.45, 2.75) is 13.3 Å². The van der Waals surface area contributed by atoms with Gasteiger partial charge in [0.2, 0.25) is 0 Å². The summed E-state index contributed by atoms with van der Waals surface area (Å²) >= 11 is 5.42. The first-order chi connectivity index (χ1) is 6.63. The molecule has 0 bridgehead atoms. The number of hydrogen-bond acceptors (Lipinski definition) is 0. The van der Waals surface area contributed by atoms with Crippen LogP contribution in [0.5, 0.6) is 0 Å². The van der Waals surface area contributed by atoms with Gasteiger partial charge in [-0.2, -0.15) is 0 Å². The third-order valence-corrected chi connectivity index (χ3v) is 3.78. The zero-order chi connectivity index (χ0) is 10.3.